The van der Waals surface area contributed by atoms with Crippen molar-refractivity contribution in [1.82, 2.24) is 4.98 Å². The van der Waals surface area contributed by atoms with Gasteiger partial charge in [0.15, 0.2) is 0 Å². The Morgan fingerprint density at radius 3 is 2.73 bits per heavy atom. The van der Waals surface area contributed by atoms with Gasteiger partial charge in [0.1, 0.15) is 4.88 Å². The summed E-state index contributed by atoms with van der Waals surface area (Å²) in [5.74, 6) is -0.629. The number of thiazole rings is 1. The third-order valence-electron chi connectivity index (χ3n) is 3.14. The van der Waals surface area contributed by atoms with Crippen molar-refractivity contribution in [3.05, 3.63) is 45.4 Å². The number of rotatable bonds is 6. The number of aromatic nitrogens is 1. The SMILES string of the molecule is CCCc1nc(C)c(C(=O)Nc2ccccc2CC(N)=O)s1. The molecule has 0 fully saturated rings. The van der Waals surface area contributed by atoms with Gasteiger partial charge in [-0.3, -0.25) is 9.59 Å². The lowest BCUT2D eigenvalue weighted by atomic mass is 10.1. The molecule has 1 heterocycles. The maximum absolute atomic E-state index is 12.4. The number of nitrogens with two attached hydrogens (primary N) is 1. The van der Waals surface area contributed by atoms with Crippen molar-refractivity contribution < 1.29 is 9.59 Å². The number of hydrogen-bond donors (Lipinski definition) is 2. The highest BCUT2D eigenvalue weighted by atomic mass is 32.1. The van der Waals surface area contributed by atoms with Crippen LogP contribution in [0.2, 0.25) is 0 Å². The van der Waals surface area contributed by atoms with Gasteiger partial charge in [0.25, 0.3) is 5.91 Å². The Kier molecular flexibility index (Phi) is 5.27. The van der Waals surface area contributed by atoms with Crippen LogP contribution in [0.1, 0.15) is 39.3 Å². The van der Waals surface area contributed by atoms with Crippen molar-refractivity contribution in [2.24, 2.45) is 5.73 Å². The van der Waals surface area contributed by atoms with Crippen LogP contribution in [0, 0.1) is 6.92 Å². The first-order valence-corrected chi connectivity index (χ1v) is 7.96. The van der Waals surface area contributed by atoms with E-state index in [1.54, 1.807) is 12.1 Å². The standard InChI is InChI=1S/C16H19N3O2S/c1-3-6-14-18-10(2)15(22-14)16(21)19-12-8-5-4-7-11(12)9-13(17)20/h4-5,7-8H,3,6,9H2,1-2H3,(H2,17,20)(H,19,21). The summed E-state index contributed by atoms with van der Waals surface area (Å²) in [7, 11) is 0. The first kappa shape index (κ1) is 16.2. The molecule has 0 saturated heterocycles. The Morgan fingerprint density at radius 2 is 2.05 bits per heavy atom. The summed E-state index contributed by atoms with van der Waals surface area (Å²) in [6, 6.07) is 7.16. The van der Waals surface area contributed by atoms with Crippen LogP contribution in [0.25, 0.3) is 0 Å². The van der Waals surface area contributed by atoms with E-state index in [2.05, 4.69) is 17.2 Å². The Labute approximate surface area is 133 Å². The third kappa shape index (κ3) is 3.92. The molecule has 0 bridgehead atoms. The second-order valence-corrected chi connectivity index (χ2v) is 6.11. The largest absolute Gasteiger partial charge is 0.369 e. The summed E-state index contributed by atoms with van der Waals surface area (Å²) in [4.78, 5) is 28.6. The van der Waals surface area contributed by atoms with Crippen LogP contribution in [-0.2, 0) is 17.6 Å². The molecule has 22 heavy (non-hydrogen) atoms. The quantitative estimate of drug-likeness (QED) is 0.859. The van der Waals surface area contributed by atoms with Crippen LogP contribution < -0.4 is 11.1 Å². The van der Waals surface area contributed by atoms with Gasteiger partial charge in [-0.1, -0.05) is 25.1 Å². The minimum absolute atomic E-state index is 0.0964. The van der Waals surface area contributed by atoms with Gasteiger partial charge in [-0.25, -0.2) is 4.98 Å². The van der Waals surface area contributed by atoms with Gasteiger partial charge in [-0.15, -0.1) is 11.3 Å². The molecule has 0 aliphatic rings. The van der Waals surface area contributed by atoms with Gasteiger partial charge in [0, 0.05) is 5.69 Å². The summed E-state index contributed by atoms with van der Waals surface area (Å²) in [6.45, 7) is 3.91. The predicted molar refractivity (Wildman–Crippen MR) is 88.1 cm³/mol. The van der Waals surface area contributed by atoms with Crippen molar-refractivity contribution in [1.29, 1.82) is 0 Å². The molecule has 1 aromatic carbocycles. The van der Waals surface area contributed by atoms with Gasteiger partial charge in [0.05, 0.1) is 17.1 Å². The molecule has 116 valence electrons. The van der Waals surface area contributed by atoms with Crippen molar-refractivity contribution in [2.45, 2.75) is 33.1 Å². The van der Waals surface area contributed by atoms with Crippen molar-refractivity contribution in [2.75, 3.05) is 5.32 Å². The number of primary amides is 1. The number of aryl methyl sites for hydroxylation is 2. The average molecular weight is 317 g/mol. The number of carbonyl (C=O) groups is 2. The molecule has 2 rings (SSSR count). The number of anilines is 1. The molecule has 5 nitrogen and oxygen atoms in total. The lowest BCUT2D eigenvalue weighted by Gasteiger charge is -2.09. The highest BCUT2D eigenvalue weighted by Gasteiger charge is 2.16. The second-order valence-electron chi connectivity index (χ2n) is 5.03. The van der Waals surface area contributed by atoms with E-state index in [0.29, 0.717) is 16.1 Å². The van der Waals surface area contributed by atoms with Crippen molar-refractivity contribution in [3.8, 4) is 0 Å². The van der Waals surface area contributed by atoms with E-state index in [4.69, 9.17) is 5.73 Å². The molecule has 0 radical (unpaired) electrons. The first-order chi connectivity index (χ1) is 10.5. The molecule has 0 aliphatic heterocycles. The minimum atomic E-state index is -0.430. The molecule has 0 spiro atoms. The van der Waals surface area contributed by atoms with E-state index < -0.39 is 5.91 Å². The van der Waals surface area contributed by atoms with Crippen molar-refractivity contribution >= 4 is 28.8 Å². The van der Waals surface area contributed by atoms with E-state index >= 15 is 0 Å². The number of benzene rings is 1. The fourth-order valence-electron chi connectivity index (χ4n) is 2.15. The molecule has 0 atom stereocenters. The Hall–Kier alpha value is -2.21. The van der Waals surface area contributed by atoms with E-state index in [0.717, 1.165) is 23.5 Å². The maximum Gasteiger partial charge on any atom is 0.267 e. The summed E-state index contributed by atoms with van der Waals surface area (Å²) < 4.78 is 0. The normalized spacial score (nSPS) is 10.5. The molecular weight excluding hydrogens is 298 g/mol. The molecular formula is C16H19N3O2S. The van der Waals surface area contributed by atoms with Gasteiger partial charge < -0.3 is 11.1 Å². The van der Waals surface area contributed by atoms with Crippen LogP contribution in [0.3, 0.4) is 0 Å². The van der Waals surface area contributed by atoms with E-state index in [1.807, 2.05) is 19.1 Å². The van der Waals surface area contributed by atoms with Gasteiger partial charge >= 0.3 is 0 Å². The molecule has 0 aliphatic carbocycles. The number of hydrogen-bond acceptors (Lipinski definition) is 4. The Balaban J connectivity index is 2.20. The predicted octanol–water partition coefficient (Wildman–Crippen LogP) is 2.68. The molecule has 3 N–H and O–H groups in total. The topological polar surface area (TPSA) is 85.1 Å². The van der Waals surface area contributed by atoms with Crippen LogP contribution in [-0.4, -0.2) is 16.8 Å². The van der Waals surface area contributed by atoms with Crippen LogP contribution >= 0.6 is 11.3 Å². The highest BCUT2D eigenvalue weighted by Crippen LogP contribution is 2.22. The number of nitrogens with zero attached hydrogens (tertiary/aromatic N) is 1. The molecule has 2 aromatic rings. The van der Waals surface area contributed by atoms with Gasteiger partial charge in [0.2, 0.25) is 5.91 Å². The van der Waals surface area contributed by atoms with Crippen LogP contribution in [0.4, 0.5) is 5.69 Å². The van der Waals surface area contributed by atoms with Crippen molar-refractivity contribution in [3.63, 3.8) is 0 Å². The monoisotopic (exact) mass is 317 g/mol. The summed E-state index contributed by atoms with van der Waals surface area (Å²) in [5.41, 5.74) is 7.29. The van der Waals surface area contributed by atoms with E-state index in [-0.39, 0.29) is 12.3 Å². The zero-order valence-corrected chi connectivity index (χ0v) is 13.5. The molecule has 2 amide bonds. The molecule has 0 unspecified atom stereocenters. The van der Waals surface area contributed by atoms with E-state index in [1.165, 1.54) is 11.3 Å². The lowest BCUT2D eigenvalue weighted by molar-refractivity contribution is -0.117. The third-order valence-corrected chi connectivity index (χ3v) is 4.36. The summed E-state index contributed by atoms with van der Waals surface area (Å²) in [6.07, 6.45) is 1.96. The minimum Gasteiger partial charge on any atom is -0.369 e. The van der Waals surface area contributed by atoms with Gasteiger partial charge in [-0.05, 0) is 31.4 Å². The number of carbonyl (C=O) groups excluding carboxylic acids is 2. The molecule has 0 saturated carbocycles. The second kappa shape index (κ2) is 7.17. The van der Waals surface area contributed by atoms with Crippen LogP contribution in [0.15, 0.2) is 24.3 Å². The number of amides is 2. The maximum atomic E-state index is 12.4. The average Bonchev–Trinajstić information content (AvgIpc) is 2.82. The van der Waals surface area contributed by atoms with Crippen LogP contribution in [0.5, 0.6) is 0 Å². The fraction of sp³-hybridized carbons (Fsp3) is 0.312. The number of nitrogens with one attached hydrogen (secondary N) is 1. The van der Waals surface area contributed by atoms with E-state index in [9.17, 15) is 9.59 Å². The first-order valence-electron chi connectivity index (χ1n) is 7.15. The molecule has 6 heteroatoms. The number of para-hydroxylation sites is 1. The zero-order valence-electron chi connectivity index (χ0n) is 12.7. The summed E-state index contributed by atoms with van der Waals surface area (Å²) in [5, 5.41) is 3.82. The van der Waals surface area contributed by atoms with Gasteiger partial charge in [-0.2, -0.15) is 0 Å². The Morgan fingerprint density at radius 1 is 1.32 bits per heavy atom. The highest BCUT2D eigenvalue weighted by molar-refractivity contribution is 7.13. The summed E-state index contributed by atoms with van der Waals surface area (Å²) >= 11 is 1.42. The zero-order chi connectivity index (χ0) is 16.1. The lowest BCUT2D eigenvalue weighted by Crippen LogP contribution is -2.17. The smallest absolute Gasteiger partial charge is 0.267 e. The molecule has 1 aromatic heterocycles. The Bertz CT molecular complexity index is 694. The fourth-order valence-corrected chi connectivity index (χ4v) is 3.21.